The molecular formula is C10H12F2O. The highest BCUT2D eigenvalue weighted by molar-refractivity contribution is 5.16. The zero-order chi connectivity index (χ0) is 9.52. The van der Waals surface area contributed by atoms with Crippen molar-refractivity contribution in [1.82, 2.24) is 0 Å². The Morgan fingerprint density at radius 2 is 2.08 bits per heavy atom. The SMILES string of the molecule is FCCOCCc1cccc(F)c1. The Kier molecular flexibility index (Phi) is 4.40. The maximum absolute atomic E-state index is 12.6. The number of alkyl halides is 1. The molecule has 72 valence electrons. The number of rotatable bonds is 5. The first-order chi connectivity index (χ1) is 6.33. The van der Waals surface area contributed by atoms with E-state index in [2.05, 4.69) is 0 Å². The van der Waals surface area contributed by atoms with Crippen molar-refractivity contribution in [3.8, 4) is 0 Å². The van der Waals surface area contributed by atoms with Gasteiger partial charge in [-0.1, -0.05) is 12.1 Å². The van der Waals surface area contributed by atoms with Crippen molar-refractivity contribution >= 4 is 0 Å². The minimum Gasteiger partial charge on any atom is -0.378 e. The molecule has 3 heteroatoms. The van der Waals surface area contributed by atoms with E-state index in [0.717, 1.165) is 5.56 Å². The molecule has 0 aliphatic heterocycles. The van der Waals surface area contributed by atoms with Gasteiger partial charge in [0, 0.05) is 0 Å². The van der Waals surface area contributed by atoms with Crippen LogP contribution in [0.1, 0.15) is 5.56 Å². The summed E-state index contributed by atoms with van der Waals surface area (Å²) in [5.74, 6) is -0.247. The van der Waals surface area contributed by atoms with Crippen molar-refractivity contribution in [2.45, 2.75) is 6.42 Å². The maximum Gasteiger partial charge on any atom is 0.123 e. The Hall–Kier alpha value is -0.960. The number of benzene rings is 1. The van der Waals surface area contributed by atoms with E-state index in [-0.39, 0.29) is 12.4 Å². The molecule has 0 atom stereocenters. The Bertz CT molecular complexity index is 250. The molecule has 0 saturated carbocycles. The summed E-state index contributed by atoms with van der Waals surface area (Å²) in [6.07, 6.45) is 0.623. The van der Waals surface area contributed by atoms with Crippen LogP contribution in [0, 0.1) is 5.82 Å². The van der Waals surface area contributed by atoms with E-state index in [0.29, 0.717) is 13.0 Å². The van der Waals surface area contributed by atoms with E-state index in [9.17, 15) is 8.78 Å². The zero-order valence-electron chi connectivity index (χ0n) is 7.30. The van der Waals surface area contributed by atoms with Gasteiger partial charge in [0.25, 0.3) is 0 Å². The second-order valence-corrected chi connectivity index (χ2v) is 2.68. The molecule has 0 aliphatic rings. The average Bonchev–Trinajstić information content (AvgIpc) is 2.13. The van der Waals surface area contributed by atoms with Gasteiger partial charge < -0.3 is 4.74 Å². The third-order valence-electron chi connectivity index (χ3n) is 1.65. The molecule has 1 aromatic rings. The smallest absolute Gasteiger partial charge is 0.123 e. The lowest BCUT2D eigenvalue weighted by Gasteiger charge is -2.01. The van der Waals surface area contributed by atoms with Gasteiger partial charge in [0.1, 0.15) is 12.5 Å². The van der Waals surface area contributed by atoms with Crippen LogP contribution in [0.25, 0.3) is 0 Å². The van der Waals surface area contributed by atoms with Crippen LogP contribution in [0.3, 0.4) is 0 Å². The summed E-state index contributed by atoms with van der Waals surface area (Å²) < 4.78 is 29.2. The summed E-state index contributed by atoms with van der Waals surface area (Å²) in [7, 11) is 0. The summed E-state index contributed by atoms with van der Waals surface area (Å²) >= 11 is 0. The van der Waals surface area contributed by atoms with Crippen LogP contribution < -0.4 is 0 Å². The van der Waals surface area contributed by atoms with E-state index >= 15 is 0 Å². The van der Waals surface area contributed by atoms with Crippen LogP contribution in [-0.2, 0) is 11.2 Å². The lowest BCUT2D eigenvalue weighted by Crippen LogP contribution is -2.01. The third kappa shape index (κ3) is 3.99. The summed E-state index contributed by atoms with van der Waals surface area (Å²) in [6.45, 7) is 0.0891. The van der Waals surface area contributed by atoms with Crippen molar-refractivity contribution in [3.63, 3.8) is 0 Å². The first kappa shape index (κ1) is 10.1. The van der Waals surface area contributed by atoms with E-state index in [4.69, 9.17) is 4.74 Å². The molecule has 0 radical (unpaired) electrons. The number of hydrogen-bond acceptors (Lipinski definition) is 1. The Morgan fingerprint density at radius 1 is 1.23 bits per heavy atom. The lowest BCUT2D eigenvalue weighted by atomic mass is 10.2. The van der Waals surface area contributed by atoms with Crippen LogP contribution in [0.2, 0.25) is 0 Å². The quantitative estimate of drug-likeness (QED) is 0.641. The van der Waals surface area contributed by atoms with Gasteiger partial charge in [-0.05, 0) is 24.1 Å². The maximum atomic E-state index is 12.6. The van der Waals surface area contributed by atoms with Crippen molar-refractivity contribution in [2.75, 3.05) is 19.9 Å². The van der Waals surface area contributed by atoms with Crippen molar-refractivity contribution in [1.29, 1.82) is 0 Å². The molecule has 0 aliphatic carbocycles. The highest BCUT2D eigenvalue weighted by Crippen LogP contribution is 2.04. The largest absolute Gasteiger partial charge is 0.378 e. The van der Waals surface area contributed by atoms with E-state index in [1.165, 1.54) is 12.1 Å². The Labute approximate surface area is 76.3 Å². The molecule has 1 rings (SSSR count). The highest BCUT2D eigenvalue weighted by Gasteiger charge is 1.95. The topological polar surface area (TPSA) is 9.23 Å². The van der Waals surface area contributed by atoms with Crippen molar-refractivity contribution < 1.29 is 13.5 Å². The van der Waals surface area contributed by atoms with Gasteiger partial charge in [-0.25, -0.2) is 8.78 Å². The third-order valence-corrected chi connectivity index (χ3v) is 1.65. The summed E-state index contributed by atoms with van der Waals surface area (Å²) in [4.78, 5) is 0. The fourth-order valence-electron chi connectivity index (χ4n) is 1.04. The second kappa shape index (κ2) is 5.65. The molecule has 0 saturated heterocycles. The van der Waals surface area contributed by atoms with Gasteiger partial charge in [0.05, 0.1) is 13.2 Å². The molecular weight excluding hydrogens is 174 g/mol. The summed E-state index contributed by atoms with van der Waals surface area (Å²) in [5.41, 5.74) is 0.874. The van der Waals surface area contributed by atoms with Crippen molar-refractivity contribution in [2.24, 2.45) is 0 Å². The molecule has 1 aromatic carbocycles. The number of ether oxygens (including phenoxy) is 1. The summed E-state index contributed by atoms with van der Waals surface area (Å²) in [6, 6.07) is 6.33. The predicted octanol–water partition coefficient (Wildman–Crippen LogP) is 2.35. The molecule has 0 spiro atoms. The van der Waals surface area contributed by atoms with Crippen molar-refractivity contribution in [3.05, 3.63) is 35.6 Å². The Balaban J connectivity index is 2.28. The molecule has 0 heterocycles. The fraction of sp³-hybridized carbons (Fsp3) is 0.400. The standard InChI is InChI=1S/C10H12F2O/c11-5-7-13-6-4-9-2-1-3-10(12)8-9/h1-3,8H,4-7H2. The molecule has 0 amide bonds. The second-order valence-electron chi connectivity index (χ2n) is 2.68. The molecule has 1 nitrogen and oxygen atoms in total. The first-order valence-corrected chi connectivity index (χ1v) is 4.21. The van der Waals surface area contributed by atoms with Gasteiger partial charge in [-0.2, -0.15) is 0 Å². The van der Waals surface area contributed by atoms with Gasteiger partial charge in [-0.3, -0.25) is 0 Å². The molecule has 0 N–H and O–H groups in total. The van der Waals surface area contributed by atoms with E-state index in [1.54, 1.807) is 6.07 Å². The minimum absolute atomic E-state index is 0.120. The zero-order valence-corrected chi connectivity index (χ0v) is 7.30. The van der Waals surface area contributed by atoms with Gasteiger partial charge >= 0.3 is 0 Å². The monoisotopic (exact) mass is 186 g/mol. The van der Waals surface area contributed by atoms with Crippen LogP contribution in [0.4, 0.5) is 8.78 Å². The molecule has 13 heavy (non-hydrogen) atoms. The normalized spacial score (nSPS) is 10.3. The molecule has 0 bridgehead atoms. The van der Waals surface area contributed by atoms with Crippen LogP contribution in [0.5, 0.6) is 0 Å². The van der Waals surface area contributed by atoms with E-state index in [1.807, 2.05) is 6.07 Å². The average molecular weight is 186 g/mol. The minimum atomic E-state index is -0.469. The summed E-state index contributed by atoms with van der Waals surface area (Å²) in [5, 5.41) is 0. The van der Waals surface area contributed by atoms with Gasteiger partial charge in [0.15, 0.2) is 0 Å². The van der Waals surface area contributed by atoms with Gasteiger partial charge in [0.2, 0.25) is 0 Å². The first-order valence-electron chi connectivity index (χ1n) is 4.21. The highest BCUT2D eigenvalue weighted by atomic mass is 19.1. The predicted molar refractivity (Wildman–Crippen MR) is 46.9 cm³/mol. The van der Waals surface area contributed by atoms with Crippen LogP contribution >= 0.6 is 0 Å². The Morgan fingerprint density at radius 3 is 2.77 bits per heavy atom. The molecule has 0 fully saturated rings. The molecule has 0 unspecified atom stereocenters. The fourth-order valence-corrected chi connectivity index (χ4v) is 1.04. The van der Waals surface area contributed by atoms with Crippen LogP contribution in [-0.4, -0.2) is 19.9 Å². The van der Waals surface area contributed by atoms with Crippen LogP contribution in [0.15, 0.2) is 24.3 Å². The number of halogens is 2. The van der Waals surface area contributed by atoms with E-state index < -0.39 is 6.67 Å². The lowest BCUT2D eigenvalue weighted by molar-refractivity contribution is 0.122. The molecule has 0 aromatic heterocycles. The number of hydrogen-bond donors (Lipinski definition) is 0. The van der Waals surface area contributed by atoms with Gasteiger partial charge in [-0.15, -0.1) is 0 Å².